The standard InChI is InChI=1S/C16H20ClN3O/c1-4-14-13(10-20(3)19-14)15(21)18-16(2,11-17)12-8-6-5-7-9-12/h5-10H,4,11H2,1-3H3,(H,18,21). The second kappa shape index (κ2) is 6.31. The number of rotatable bonds is 5. The monoisotopic (exact) mass is 305 g/mol. The van der Waals surface area contributed by atoms with Crippen LogP contribution in [0.3, 0.4) is 0 Å². The Hall–Kier alpha value is -1.81. The lowest BCUT2D eigenvalue weighted by Crippen LogP contribution is -2.45. The number of hydrogen-bond donors (Lipinski definition) is 1. The number of halogens is 1. The predicted molar refractivity (Wildman–Crippen MR) is 84.6 cm³/mol. The Morgan fingerprint density at radius 1 is 1.38 bits per heavy atom. The summed E-state index contributed by atoms with van der Waals surface area (Å²) in [6, 6.07) is 9.75. The van der Waals surface area contributed by atoms with Crippen molar-refractivity contribution in [3.8, 4) is 0 Å². The van der Waals surface area contributed by atoms with Crippen molar-refractivity contribution in [1.82, 2.24) is 15.1 Å². The summed E-state index contributed by atoms with van der Waals surface area (Å²) >= 11 is 6.12. The number of carbonyl (C=O) groups excluding carboxylic acids is 1. The van der Waals surface area contributed by atoms with Gasteiger partial charge in [-0.3, -0.25) is 9.48 Å². The molecule has 5 heteroatoms. The van der Waals surface area contributed by atoms with Gasteiger partial charge in [-0.25, -0.2) is 0 Å². The number of alkyl halides is 1. The van der Waals surface area contributed by atoms with E-state index in [9.17, 15) is 4.79 Å². The molecule has 2 aromatic rings. The highest BCUT2D eigenvalue weighted by Gasteiger charge is 2.29. The minimum Gasteiger partial charge on any atom is -0.341 e. The molecule has 0 saturated carbocycles. The zero-order valence-corrected chi connectivity index (χ0v) is 13.3. The van der Waals surface area contributed by atoms with E-state index >= 15 is 0 Å². The lowest BCUT2D eigenvalue weighted by atomic mass is 9.93. The Balaban J connectivity index is 2.28. The molecule has 4 nitrogen and oxygen atoms in total. The normalized spacial score (nSPS) is 13.7. The van der Waals surface area contributed by atoms with Crippen LogP contribution in [0.25, 0.3) is 0 Å². The van der Waals surface area contributed by atoms with Gasteiger partial charge in [0.1, 0.15) is 0 Å². The van der Waals surface area contributed by atoms with E-state index < -0.39 is 5.54 Å². The Kier molecular flexibility index (Phi) is 4.68. The Bertz CT molecular complexity index is 624. The number of aryl methyl sites for hydroxylation is 2. The molecule has 21 heavy (non-hydrogen) atoms. The second-order valence-corrected chi connectivity index (χ2v) is 5.57. The summed E-state index contributed by atoms with van der Waals surface area (Å²) in [6.45, 7) is 3.91. The SMILES string of the molecule is CCc1nn(C)cc1C(=O)NC(C)(CCl)c1ccccc1. The molecule has 2 rings (SSSR count). The molecule has 0 saturated heterocycles. The fraction of sp³-hybridized carbons (Fsp3) is 0.375. The molecule has 0 aliphatic heterocycles. The van der Waals surface area contributed by atoms with Crippen LogP contribution in [0.5, 0.6) is 0 Å². The van der Waals surface area contributed by atoms with E-state index in [-0.39, 0.29) is 5.91 Å². The topological polar surface area (TPSA) is 46.9 Å². The van der Waals surface area contributed by atoms with Gasteiger partial charge in [0.25, 0.3) is 5.91 Å². The fourth-order valence-corrected chi connectivity index (χ4v) is 2.51. The van der Waals surface area contributed by atoms with Gasteiger partial charge in [-0.05, 0) is 18.9 Å². The number of carbonyl (C=O) groups is 1. The third kappa shape index (κ3) is 3.27. The molecule has 1 N–H and O–H groups in total. The molecule has 0 radical (unpaired) electrons. The smallest absolute Gasteiger partial charge is 0.255 e. The van der Waals surface area contributed by atoms with Crippen molar-refractivity contribution in [2.75, 3.05) is 5.88 Å². The summed E-state index contributed by atoms with van der Waals surface area (Å²) in [4.78, 5) is 12.6. The molecule has 0 spiro atoms. The van der Waals surface area contributed by atoms with E-state index in [0.29, 0.717) is 17.9 Å². The highest BCUT2D eigenvalue weighted by Crippen LogP contribution is 2.23. The molecular weight excluding hydrogens is 286 g/mol. The van der Waals surface area contributed by atoms with Crippen molar-refractivity contribution in [3.05, 3.63) is 53.3 Å². The Morgan fingerprint density at radius 2 is 2.05 bits per heavy atom. The van der Waals surface area contributed by atoms with Crippen LogP contribution in [0.2, 0.25) is 0 Å². The highest BCUT2D eigenvalue weighted by molar-refractivity contribution is 6.19. The summed E-state index contributed by atoms with van der Waals surface area (Å²) in [7, 11) is 1.81. The summed E-state index contributed by atoms with van der Waals surface area (Å²) in [5.41, 5.74) is 1.77. The average Bonchev–Trinajstić information content (AvgIpc) is 2.89. The van der Waals surface area contributed by atoms with Gasteiger partial charge in [0.05, 0.1) is 16.8 Å². The van der Waals surface area contributed by atoms with Gasteiger partial charge >= 0.3 is 0 Å². The van der Waals surface area contributed by atoms with E-state index in [0.717, 1.165) is 11.3 Å². The van der Waals surface area contributed by atoms with Crippen molar-refractivity contribution < 1.29 is 4.79 Å². The van der Waals surface area contributed by atoms with E-state index in [1.165, 1.54) is 0 Å². The maximum atomic E-state index is 12.6. The second-order valence-electron chi connectivity index (χ2n) is 5.30. The minimum absolute atomic E-state index is 0.146. The zero-order chi connectivity index (χ0) is 15.5. The van der Waals surface area contributed by atoms with Crippen LogP contribution in [0.4, 0.5) is 0 Å². The number of nitrogens with zero attached hydrogens (tertiary/aromatic N) is 2. The van der Waals surface area contributed by atoms with Crippen molar-refractivity contribution >= 4 is 17.5 Å². The van der Waals surface area contributed by atoms with Crippen LogP contribution < -0.4 is 5.32 Å². The van der Waals surface area contributed by atoms with Gasteiger partial charge in [0.15, 0.2) is 0 Å². The maximum Gasteiger partial charge on any atom is 0.255 e. The largest absolute Gasteiger partial charge is 0.341 e. The molecule has 1 amide bonds. The van der Waals surface area contributed by atoms with Crippen LogP contribution in [0, 0.1) is 0 Å². The van der Waals surface area contributed by atoms with Crippen molar-refractivity contribution in [2.45, 2.75) is 25.8 Å². The van der Waals surface area contributed by atoms with E-state index in [2.05, 4.69) is 10.4 Å². The number of hydrogen-bond acceptors (Lipinski definition) is 2. The van der Waals surface area contributed by atoms with Crippen LogP contribution in [0.15, 0.2) is 36.5 Å². The molecule has 1 aromatic carbocycles. The number of benzene rings is 1. The first-order valence-electron chi connectivity index (χ1n) is 6.96. The van der Waals surface area contributed by atoms with Crippen LogP contribution in [0.1, 0.15) is 35.5 Å². The summed E-state index contributed by atoms with van der Waals surface area (Å²) in [5, 5.41) is 7.34. The first kappa shape index (κ1) is 15.6. The van der Waals surface area contributed by atoms with Gasteiger partial charge in [0.2, 0.25) is 0 Å². The molecular formula is C16H20ClN3O. The summed E-state index contributed by atoms with van der Waals surface area (Å²) < 4.78 is 1.66. The third-order valence-corrected chi connectivity index (χ3v) is 4.09. The van der Waals surface area contributed by atoms with Gasteiger partial charge in [-0.2, -0.15) is 5.10 Å². The molecule has 0 bridgehead atoms. The first-order valence-corrected chi connectivity index (χ1v) is 7.50. The molecule has 0 aliphatic carbocycles. The summed E-state index contributed by atoms with van der Waals surface area (Å²) in [5.74, 6) is 0.150. The van der Waals surface area contributed by atoms with Crippen LogP contribution >= 0.6 is 11.6 Å². The zero-order valence-electron chi connectivity index (χ0n) is 12.6. The Morgan fingerprint density at radius 3 is 2.62 bits per heavy atom. The number of aromatic nitrogens is 2. The van der Waals surface area contributed by atoms with Crippen LogP contribution in [-0.2, 0) is 19.0 Å². The Labute approximate surface area is 130 Å². The maximum absolute atomic E-state index is 12.6. The quantitative estimate of drug-likeness (QED) is 0.864. The molecule has 112 valence electrons. The van der Waals surface area contributed by atoms with E-state index in [4.69, 9.17) is 11.6 Å². The average molecular weight is 306 g/mol. The minimum atomic E-state index is -0.610. The molecule has 0 fully saturated rings. The molecule has 1 heterocycles. The molecule has 1 unspecified atom stereocenters. The first-order chi connectivity index (χ1) is 10.00. The van der Waals surface area contributed by atoms with E-state index in [1.807, 2.05) is 51.2 Å². The van der Waals surface area contributed by atoms with Gasteiger partial charge in [-0.1, -0.05) is 37.3 Å². The van der Waals surface area contributed by atoms with Crippen molar-refractivity contribution in [2.24, 2.45) is 7.05 Å². The molecule has 0 aliphatic rings. The van der Waals surface area contributed by atoms with Crippen molar-refractivity contribution in [3.63, 3.8) is 0 Å². The van der Waals surface area contributed by atoms with Gasteiger partial charge < -0.3 is 5.32 Å². The third-order valence-electron chi connectivity index (χ3n) is 3.55. The predicted octanol–water partition coefficient (Wildman–Crippen LogP) is 2.87. The summed E-state index contributed by atoms with van der Waals surface area (Å²) in [6.07, 6.45) is 2.46. The van der Waals surface area contributed by atoms with Crippen molar-refractivity contribution in [1.29, 1.82) is 0 Å². The molecule has 1 atom stereocenters. The lowest BCUT2D eigenvalue weighted by Gasteiger charge is -2.29. The van der Waals surface area contributed by atoms with Gasteiger partial charge in [0, 0.05) is 19.1 Å². The van der Waals surface area contributed by atoms with Crippen LogP contribution in [-0.4, -0.2) is 21.6 Å². The molecule has 1 aromatic heterocycles. The van der Waals surface area contributed by atoms with E-state index in [1.54, 1.807) is 10.9 Å². The van der Waals surface area contributed by atoms with Gasteiger partial charge in [-0.15, -0.1) is 11.6 Å². The fourth-order valence-electron chi connectivity index (χ4n) is 2.29. The number of amides is 1. The highest BCUT2D eigenvalue weighted by atomic mass is 35.5. The lowest BCUT2D eigenvalue weighted by molar-refractivity contribution is 0.0912. The number of nitrogens with one attached hydrogen (secondary N) is 1.